The summed E-state index contributed by atoms with van der Waals surface area (Å²) in [5, 5.41) is 20.2. The van der Waals surface area contributed by atoms with Gasteiger partial charge in [0.15, 0.2) is 0 Å². The van der Waals surface area contributed by atoms with Crippen molar-refractivity contribution in [3.63, 3.8) is 0 Å². The minimum Gasteiger partial charge on any atom is -0.481 e. The van der Waals surface area contributed by atoms with Crippen molar-refractivity contribution >= 4 is 39.9 Å². The number of aromatic nitrogens is 5. The lowest BCUT2D eigenvalue weighted by Crippen LogP contribution is -2.25. The second kappa shape index (κ2) is 13.4. The first kappa shape index (κ1) is 24.4. The molecular weight excluding hydrogens is 442 g/mol. The molecule has 0 saturated carbocycles. The van der Waals surface area contributed by atoms with Crippen molar-refractivity contribution in [2.24, 2.45) is 5.73 Å². The molecule has 0 atom stereocenters. The number of hydrogen-bond acceptors (Lipinski definition) is 10. The highest BCUT2D eigenvalue weighted by Crippen LogP contribution is 2.22. The average Bonchev–Trinajstić information content (AvgIpc) is 3.50. The molecule has 3 aromatic rings. The minimum absolute atomic E-state index is 0.0628. The summed E-state index contributed by atoms with van der Waals surface area (Å²) in [4.78, 5) is 34.9. The van der Waals surface area contributed by atoms with Crippen molar-refractivity contribution in [2.45, 2.75) is 38.6 Å². The predicted octanol–water partition coefficient (Wildman–Crippen LogP) is 2.25. The highest BCUT2D eigenvalue weighted by molar-refractivity contribution is 7.10. The van der Waals surface area contributed by atoms with Crippen molar-refractivity contribution < 1.29 is 19.8 Å². The summed E-state index contributed by atoms with van der Waals surface area (Å²) in [6, 6.07) is 0. The van der Waals surface area contributed by atoms with Crippen LogP contribution in [0, 0.1) is 0 Å². The van der Waals surface area contributed by atoms with Gasteiger partial charge in [-0.2, -0.15) is 9.36 Å². The smallest absolute Gasteiger partial charge is 0.303 e. The van der Waals surface area contributed by atoms with E-state index in [4.69, 9.17) is 15.9 Å². The third-order valence-electron chi connectivity index (χ3n) is 3.88. The first-order chi connectivity index (χ1) is 15.0. The van der Waals surface area contributed by atoms with Crippen LogP contribution in [0.2, 0.25) is 0 Å². The van der Waals surface area contributed by atoms with Gasteiger partial charge >= 0.3 is 11.9 Å². The van der Waals surface area contributed by atoms with Gasteiger partial charge < -0.3 is 20.8 Å². The van der Waals surface area contributed by atoms with E-state index in [1.54, 1.807) is 28.4 Å². The van der Waals surface area contributed by atoms with Gasteiger partial charge in [0.2, 0.25) is 11.1 Å². The molecule has 0 bridgehead atoms. The zero-order valence-corrected chi connectivity index (χ0v) is 18.5. The second-order valence-corrected chi connectivity index (χ2v) is 8.04. The number of thiazole rings is 1. The summed E-state index contributed by atoms with van der Waals surface area (Å²) in [5.41, 5.74) is 5.63. The summed E-state index contributed by atoms with van der Waals surface area (Å²) < 4.78 is 6.18. The van der Waals surface area contributed by atoms with Gasteiger partial charge in [0.1, 0.15) is 11.3 Å². The van der Waals surface area contributed by atoms with E-state index in [0.29, 0.717) is 25.3 Å². The second-order valence-electron chi connectivity index (χ2n) is 6.33. The van der Waals surface area contributed by atoms with Crippen LogP contribution in [0.15, 0.2) is 30.3 Å². The van der Waals surface area contributed by atoms with E-state index in [1.807, 2.05) is 17.8 Å². The largest absolute Gasteiger partial charge is 0.481 e. The minimum atomic E-state index is -0.870. The molecule has 11 nitrogen and oxygen atoms in total. The molecule has 0 aliphatic heterocycles. The van der Waals surface area contributed by atoms with Gasteiger partial charge in [-0.3, -0.25) is 14.2 Å². The van der Waals surface area contributed by atoms with E-state index in [1.165, 1.54) is 11.5 Å². The van der Waals surface area contributed by atoms with Crippen molar-refractivity contribution in [2.75, 3.05) is 18.0 Å². The fourth-order valence-electron chi connectivity index (χ4n) is 2.39. The van der Waals surface area contributed by atoms with Gasteiger partial charge in [-0.1, -0.05) is 0 Å². The fraction of sp³-hybridized carbons (Fsp3) is 0.444. The molecule has 31 heavy (non-hydrogen) atoms. The number of carboxylic acid groups (broad SMARTS) is 2. The number of imidazole rings is 1. The number of unbranched alkanes of at least 4 members (excludes halogenated alkanes) is 1. The highest BCUT2D eigenvalue weighted by atomic mass is 32.1. The normalized spacial score (nSPS) is 10.4. The number of carbonyl (C=O) groups is 2. The summed E-state index contributed by atoms with van der Waals surface area (Å²) in [6.07, 6.45) is 8.98. The molecule has 0 amide bonds. The maximum Gasteiger partial charge on any atom is 0.303 e. The molecule has 3 heterocycles. The van der Waals surface area contributed by atoms with Crippen molar-refractivity contribution in [3.05, 3.63) is 35.3 Å². The molecule has 0 fully saturated rings. The fourth-order valence-corrected chi connectivity index (χ4v) is 3.71. The van der Waals surface area contributed by atoms with Gasteiger partial charge in [0, 0.05) is 54.9 Å². The molecule has 0 aromatic carbocycles. The van der Waals surface area contributed by atoms with E-state index in [2.05, 4.69) is 24.2 Å². The van der Waals surface area contributed by atoms with Crippen LogP contribution in [0.1, 0.15) is 37.1 Å². The molecule has 0 saturated heterocycles. The van der Waals surface area contributed by atoms with E-state index < -0.39 is 11.9 Å². The molecule has 3 rings (SSSR count). The monoisotopic (exact) mass is 467 g/mol. The van der Waals surface area contributed by atoms with Crippen LogP contribution >= 0.6 is 22.9 Å². The molecule has 0 aliphatic rings. The Balaban J connectivity index is 0.000000291. The van der Waals surface area contributed by atoms with Crippen LogP contribution in [0.25, 0.3) is 5.95 Å². The lowest BCUT2D eigenvalue weighted by molar-refractivity contribution is -0.139. The topological polar surface area (TPSA) is 160 Å². The number of anilines is 1. The number of nitrogens with two attached hydrogens (primary N) is 1. The zero-order chi connectivity index (χ0) is 22.5. The first-order valence-electron chi connectivity index (χ1n) is 9.58. The van der Waals surface area contributed by atoms with Crippen molar-refractivity contribution in [1.82, 2.24) is 23.9 Å². The molecule has 13 heteroatoms. The molecule has 0 unspecified atom stereocenters. The standard InChI is InChI=1S/C12H15N7S2.C6H10O4/c13-2-1-5-18(8-10-15-4-7-20-10)12-16-11(17-21-12)19-6-3-14-9-19;7-5(8)3-1-2-4-6(9)10/h3-4,6-7,9H,1-2,5,8,13H2;1-4H2,(H,7,8)(H,9,10). The summed E-state index contributed by atoms with van der Waals surface area (Å²) in [5.74, 6) is -1.10. The maximum atomic E-state index is 9.90. The Kier molecular flexibility index (Phi) is 10.5. The molecular formula is C18H25N7O4S2. The zero-order valence-electron chi connectivity index (χ0n) is 16.8. The van der Waals surface area contributed by atoms with Gasteiger partial charge in [0.05, 0.1) is 6.54 Å². The average molecular weight is 468 g/mol. The van der Waals surface area contributed by atoms with E-state index in [9.17, 15) is 9.59 Å². The van der Waals surface area contributed by atoms with E-state index in [0.717, 1.165) is 29.6 Å². The number of aliphatic carboxylic acids is 2. The molecule has 4 N–H and O–H groups in total. The summed E-state index contributed by atoms with van der Waals surface area (Å²) in [6.45, 7) is 2.23. The van der Waals surface area contributed by atoms with E-state index in [-0.39, 0.29) is 12.8 Å². The molecule has 0 aliphatic carbocycles. The summed E-state index contributed by atoms with van der Waals surface area (Å²) in [7, 11) is 0. The Morgan fingerprint density at radius 3 is 2.42 bits per heavy atom. The Hall–Kier alpha value is -2.90. The van der Waals surface area contributed by atoms with Gasteiger partial charge in [-0.25, -0.2) is 9.97 Å². The summed E-state index contributed by atoms with van der Waals surface area (Å²) >= 11 is 3.02. The maximum absolute atomic E-state index is 9.90. The lowest BCUT2D eigenvalue weighted by atomic mass is 10.2. The van der Waals surface area contributed by atoms with Crippen LogP contribution in [-0.2, 0) is 16.1 Å². The third-order valence-corrected chi connectivity index (χ3v) is 5.42. The molecule has 168 valence electrons. The third kappa shape index (κ3) is 9.19. The highest BCUT2D eigenvalue weighted by Gasteiger charge is 2.14. The Morgan fingerprint density at radius 2 is 1.87 bits per heavy atom. The number of carboxylic acids is 2. The Bertz CT molecular complexity index is 884. The number of hydrogen-bond donors (Lipinski definition) is 3. The number of rotatable bonds is 12. The van der Waals surface area contributed by atoms with Gasteiger partial charge in [-0.15, -0.1) is 11.3 Å². The quantitative estimate of drug-likeness (QED) is 0.337. The van der Waals surface area contributed by atoms with Gasteiger partial charge in [-0.05, 0) is 25.8 Å². The van der Waals surface area contributed by atoms with Gasteiger partial charge in [0.25, 0.3) is 0 Å². The van der Waals surface area contributed by atoms with Crippen LogP contribution < -0.4 is 10.6 Å². The Morgan fingerprint density at radius 1 is 1.13 bits per heavy atom. The van der Waals surface area contributed by atoms with Crippen molar-refractivity contribution in [1.29, 1.82) is 0 Å². The van der Waals surface area contributed by atoms with Crippen molar-refractivity contribution in [3.8, 4) is 5.95 Å². The van der Waals surface area contributed by atoms with Crippen LogP contribution in [-0.4, -0.2) is 59.1 Å². The van der Waals surface area contributed by atoms with Crippen LogP contribution in [0.3, 0.4) is 0 Å². The molecule has 0 spiro atoms. The van der Waals surface area contributed by atoms with Crippen LogP contribution in [0.5, 0.6) is 0 Å². The SMILES string of the molecule is NCCCN(Cc1nccs1)c1nc(-n2ccnc2)ns1.O=C(O)CCCCC(=O)O. The first-order valence-corrected chi connectivity index (χ1v) is 11.2. The van der Waals surface area contributed by atoms with E-state index >= 15 is 0 Å². The molecule has 0 radical (unpaired) electrons. The lowest BCUT2D eigenvalue weighted by Gasteiger charge is -2.19. The Labute approximate surface area is 187 Å². The van der Waals surface area contributed by atoms with Crippen LogP contribution in [0.4, 0.5) is 5.13 Å². The molecule has 3 aromatic heterocycles. The number of nitrogens with zero attached hydrogens (tertiary/aromatic N) is 6. The predicted molar refractivity (Wildman–Crippen MR) is 118 cm³/mol.